The quantitative estimate of drug-likeness (QED) is 0.231. The fraction of sp³-hybridized carbons (Fsp3) is 0.286. The predicted octanol–water partition coefficient (Wildman–Crippen LogP) is -0.269. The van der Waals surface area contributed by atoms with Gasteiger partial charge in [-0.1, -0.05) is 5.16 Å². The Hall–Kier alpha value is -2.05. The number of carbonyl (C=O) groups is 1. The number of hydrogen-bond acceptors (Lipinski definition) is 4. The highest BCUT2D eigenvalue weighted by atomic mass is 16.4. The van der Waals surface area contributed by atoms with Crippen molar-refractivity contribution >= 4 is 17.4 Å². The third kappa shape index (κ3) is 2.22. The molecule has 7 heteroatoms. The summed E-state index contributed by atoms with van der Waals surface area (Å²) in [6.07, 6.45) is 2.98. The summed E-state index contributed by atoms with van der Waals surface area (Å²) < 4.78 is 0. The van der Waals surface area contributed by atoms with E-state index < -0.39 is 5.92 Å². The van der Waals surface area contributed by atoms with Crippen LogP contribution in [0.15, 0.2) is 17.5 Å². The molecule has 1 aromatic heterocycles. The summed E-state index contributed by atoms with van der Waals surface area (Å²) in [6, 6.07) is 0. The van der Waals surface area contributed by atoms with Crippen LogP contribution in [0.1, 0.15) is 6.92 Å². The average Bonchev–Trinajstić information content (AvgIpc) is 2.68. The number of amides is 1. The van der Waals surface area contributed by atoms with E-state index in [1.165, 1.54) is 19.3 Å². The molecule has 1 rings (SSSR count). The van der Waals surface area contributed by atoms with Crippen molar-refractivity contribution in [2.24, 2.45) is 16.8 Å². The van der Waals surface area contributed by atoms with Gasteiger partial charge in [0.15, 0.2) is 5.84 Å². The van der Waals surface area contributed by atoms with Crippen molar-refractivity contribution in [3.8, 4) is 0 Å². The van der Waals surface area contributed by atoms with Gasteiger partial charge < -0.3 is 16.3 Å². The molecule has 1 unspecified atom stereocenters. The average molecular weight is 197 g/mol. The van der Waals surface area contributed by atoms with Gasteiger partial charge in [-0.25, -0.2) is 0 Å². The van der Waals surface area contributed by atoms with Gasteiger partial charge in [-0.05, 0) is 6.92 Å². The summed E-state index contributed by atoms with van der Waals surface area (Å²) in [4.78, 5) is 11.4. The zero-order valence-electron chi connectivity index (χ0n) is 7.56. The number of oxime groups is 1. The lowest BCUT2D eigenvalue weighted by atomic mass is 10.1. The molecule has 0 aliphatic rings. The first-order valence-corrected chi connectivity index (χ1v) is 3.92. The molecule has 1 heterocycles. The molecule has 0 fully saturated rings. The summed E-state index contributed by atoms with van der Waals surface area (Å²) in [6.45, 7) is 1.53. The Morgan fingerprint density at radius 1 is 1.86 bits per heavy atom. The normalized spacial score (nSPS) is 13.6. The molecule has 0 spiro atoms. The molecule has 1 amide bonds. The second-order valence-corrected chi connectivity index (χ2v) is 2.72. The van der Waals surface area contributed by atoms with Crippen molar-refractivity contribution < 1.29 is 10.0 Å². The molecule has 5 N–H and O–H groups in total. The minimum absolute atomic E-state index is 0.133. The molecule has 1 atom stereocenters. The van der Waals surface area contributed by atoms with Crippen molar-refractivity contribution in [3.05, 3.63) is 12.4 Å². The predicted molar refractivity (Wildman–Crippen MR) is 49.8 cm³/mol. The first kappa shape index (κ1) is 10.0. The first-order chi connectivity index (χ1) is 6.65. The molecule has 0 aliphatic heterocycles. The molecule has 7 nitrogen and oxygen atoms in total. The number of amidine groups is 1. The van der Waals surface area contributed by atoms with Gasteiger partial charge in [0.1, 0.15) is 0 Å². The maximum absolute atomic E-state index is 11.4. The Kier molecular flexibility index (Phi) is 3.05. The van der Waals surface area contributed by atoms with Crippen LogP contribution in [0.3, 0.4) is 0 Å². The van der Waals surface area contributed by atoms with E-state index in [9.17, 15) is 4.79 Å². The minimum atomic E-state index is -0.685. The molecular formula is C7H11N5O2. The number of hydrogen-bond donors (Lipinski definition) is 4. The van der Waals surface area contributed by atoms with E-state index in [2.05, 4.69) is 20.7 Å². The number of carbonyl (C=O) groups excluding carboxylic acids is 1. The number of anilines is 1. The second kappa shape index (κ2) is 4.26. The van der Waals surface area contributed by atoms with Gasteiger partial charge in [0.05, 0.1) is 17.8 Å². The zero-order chi connectivity index (χ0) is 10.6. The smallest absolute Gasteiger partial charge is 0.235 e. The van der Waals surface area contributed by atoms with E-state index in [-0.39, 0.29) is 11.7 Å². The zero-order valence-corrected chi connectivity index (χ0v) is 7.56. The van der Waals surface area contributed by atoms with E-state index in [0.717, 1.165) is 0 Å². The van der Waals surface area contributed by atoms with Crippen molar-refractivity contribution in [1.82, 2.24) is 10.2 Å². The van der Waals surface area contributed by atoms with Crippen LogP contribution in [0, 0.1) is 5.92 Å². The van der Waals surface area contributed by atoms with Crippen LogP contribution in [-0.4, -0.2) is 27.1 Å². The fourth-order valence-corrected chi connectivity index (χ4v) is 0.791. The standard InChI is InChI=1S/C7H11N5O2/c1-4(6(8)12-14)7(13)11-5-2-9-10-3-5/h2-4,14H,1H3,(H2,8,12)(H,9,10)(H,11,13). The van der Waals surface area contributed by atoms with Gasteiger partial charge >= 0.3 is 0 Å². The lowest BCUT2D eigenvalue weighted by Crippen LogP contribution is -2.32. The van der Waals surface area contributed by atoms with Crippen LogP contribution in [0.5, 0.6) is 0 Å². The van der Waals surface area contributed by atoms with E-state index in [4.69, 9.17) is 10.9 Å². The third-order valence-electron chi connectivity index (χ3n) is 1.72. The van der Waals surface area contributed by atoms with Gasteiger partial charge in [-0.2, -0.15) is 5.10 Å². The SMILES string of the molecule is CC(C(=O)Nc1cn[nH]c1)/C(N)=N/O. The largest absolute Gasteiger partial charge is 0.409 e. The molecule has 0 aliphatic carbocycles. The van der Waals surface area contributed by atoms with E-state index in [0.29, 0.717) is 5.69 Å². The van der Waals surface area contributed by atoms with E-state index >= 15 is 0 Å². The number of nitrogens with two attached hydrogens (primary N) is 1. The Labute approximate surface area is 80.0 Å². The Bertz CT molecular complexity index is 332. The molecule has 0 radical (unpaired) electrons. The summed E-state index contributed by atoms with van der Waals surface area (Å²) in [5.74, 6) is -1.18. The highest BCUT2D eigenvalue weighted by molar-refractivity contribution is 6.07. The number of nitrogens with one attached hydrogen (secondary N) is 2. The monoisotopic (exact) mass is 197 g/mol. The Balaban J connectivity index is 2.59. The highest BCUT2D eigenvalue weighted by Gasteiger charge is 2.17. The van der Waals surface area contributed by atoms with Crippen LogP contribution in [0.25, 0.3) is 0 Å². The third-order valence-corrected chi connectivity index (χ3v) is 1.72. The summed E-state index contributed by atoms with van der Waals surface area (Å²) in [5, 5.41) is 19.8. The van der Waals surface area contributed by atoms with Crippen molar-refractivity contribution in [3.63, 3.8) is 0 Å². The molecule has 1 aromatic rings. The first-order valence-electron chi connectivity index (χ1n) is 3.92. The maximum atomic E-state index is 11.4. The molecule has 0 bridgehead atoms. The number of H-pyrrole nitrogens is 1. The minimum Gasteiger partial charge on any atom is -0.409 e. The molecular weight excluding hydrogens is 186 g/mol. The van der Waals surface area contributed by atoms with Crippen molar-refractivity contribution in [2.75, 3.05) is 5.32 Å². The molecule has 0 aromatic carbocycles. The molecule has 0 saturated heterocycles. The Morgan fingerprint density at radius 2 is 2.57 bits per heavy atom. The lowest BCUT2D eigenvalue weighted by Gasteiger charge is -2.08. The number of nitrogens with zero attached hydrogens (tertiary/aromatic N) is 2. The van der Waals surface area contributed by atoms with Crippen LogP contribution in [0.4, 0.5) is 5.69 Å². The van der Waals surface area contributed by atoms with Crippen LogP contribution < -0.4 is 11.1 Å². The lowest BCUT2D eigenvalue weighted by molar-refractivity contribution is -0.117. The highest BCUT2D eigenvalue weighted by Crippen LogP contribution is 2.04. The summed E-state index contributed by atoms with van der Waals surface area (Å²) in [7, 11) is 0. The van der Waals surface area contributed by atoms with E-state index in [1.807, 2.05) is 0 Å². The molecule has 76 valence electrons. The number of rotatable bonds is 3. The van der Waals surface area contributed by atoms with Gasteiger partial charge in [0.25, 0.3) is 0 Å². The van der Waals surface area contributed by atoms with Gasteiger partial charge in [0, 0.05) is 6.20 Å². The molecule has 0 saturated carbocycles. The van der Waals surface area contributed by atoms with Gasteiger partial charge in [0.2, 0.25) is 5.91 Å². The maximum Gasteiger partial charge on any atom is 0.235 e. The number of aromatic amines is 1. The Morgan fingerprint density at radius 3 is 3.07 bits per heavy atom. The second-order valence-electron chi connectivity index (χ2n) is 2.72. The van der Waals surface area contributed by atoms with Crippen molar-refractivity contribution in [1.29, 1.82) is 0 Å². The van der Waals surface area contributed by atoms with Gasteiger partial charge in [-0.15, -0.1) is 0 Å². The number of aromatic nitrogens is 2. The van der Waals surface area contributed by atoms with Gasteiger partial charge in [-0.3, -0.25) is 9.89 Å². The topological polar surface area (TPSA) is 116 Å². The fourth-order valence-electron chi connectivity index (χ4n) is 0.791. The van der Waals surface area contributed by atoms with Crippen LogP contribution in [0.2, 0.25) is 0 Å². The summed E-state index contributed by atoms with van der Waals surface area (Å²) in [5.41, 5.74) is 5.80. The van der Waals surface area contributed by atoms with Crippen LogP contribution >= 0.6 is 0 Å². The van der Waals surface area contributed by atoms with Crippen LogP contribution in [-0.2, 0) is 4.79 Å². The molecule has 14 heavy (non-hydrogen) atoms. The summed E-state index contributed by atoms with van der Waals surface area (Å²) >= 11 is 0. The van der Waals surface area contributed by atoms with E-state index in [1.54, 1.807) is 0 Å². The van der Waals surface area contributed by atoms with Crippen molar-refractivity contribution in [2.45, 2.75) is 6.92 Å².